The highest BCUT2D eigenvalue weighted by molar-refractivity contribution is 7.89. The lowest BCUT2D eigenvalue weighted by atomic mass is 9.95. The molecule has 0 bridgehead atoms. The zero-order valence-corrected chi connectivity index (χ0v) is 13.0. The molecule has 0 radical (unpaired) electrons. The van der Waals surface area contributed by atoms with Crippen LogP contribution in [0.5, 0.6) is 0 Å². The third-order valence-corrected chi connectivity index (χ3v) is 4.02. The maximum Gasteiger partial charge on any atom is 0.238 e. The maximum atomic E-state index is 12.0. The Labute approximate surface area is 124 Å². The Morgan fingerprint density at radius 2 is 1.76 bits per heavy atom. The van der Waals surface area contributed by atoms with Crippen molar-refractivity contribution < 1.29 is 13.2 Å². The number of nitrogens with one attached hydrogen (secondary N) is 1. The average molecular weight is 306 g/mol. The summed E-state index contributed by atoms with van der Waals surface area (Å²) in [7, 11) is -3.87. The molecule has 0 unspecified atom stereocenters. The van der Waals surface area contributed by atoms with Crippen molar-refractivity contribution in [1.82, 2.24) is 0 Å². The third-order valence-electron chi connectivity index (χ3n) is 3.07. The molecule has 112 valence electrons. The van der Waals surface area contributed by atoms with Crippen molar-refractivity contribution in [1.29, 1.82) is 0 Å². The minimum absolute atomic E-state index is 0.00445. The molecule has 0 saturated carbocycles. The van der Waals surface area contributed by atoms with Gasteiger partial charge in [0.15, 0.2) is 0 Å². The predicted molar refractivity (Wildman–Crippen MR) is 83.4 cm³/mol. The van der Waals surface area contributed by atoms with Gasteiger partial charge in [0.25, 0.3) is 0 Å². The first-order chi connectivity index (χ1) is 9.59. The number of hydrogen-bond acceptors (Lipinski definition) is 3. The van der Waals surface area contributed by atoms with Gasteiger partial charge in [0.05, 0.1) is 4.90 Å². The second-order valence-electron chi connectivity index (χ2n) is 5.94. The standard InChI is InChI=1S/C15H18N2O3S/c1-15(2,3)14(18)17-11-8-10-6-4-5-7-12(10)13(9-11)21(16,19)20/h4-9H,1-3H3,(H,17,18)(H2,16,19,20). The van der Waals surface area contributed by atoms with Crippen molar-refractivity contribution >= 4 is 32.4 Å². The molecule has 0 fully saturated rings. The van der Waals surface area contributed by atoms with Crippen LogP contribution in [0.15, 0.2) is 41.3 Å². The Balaban J connectivity index is 2.60. The first kappa shape index (κ1) is 15.5. The van der Waals surface area contributed by atoms with Gasteiger partial charge in [-0.15, -0.1) is 0 Å². The predicted octanol–water partition coefficient (Wildman–Crippen LogP) is 2.47. The number of carbonyl (C=O) groups excluding carboxylic acids is 1. The van der Waals surface area contributed by atoms with Gasteiger partial charge in [-0.25, -0.2) is 13.6 Å². The molecule has 0 spiro atoms. The lowest BCUT2D eigenvalue weighted by molar-refractivity contribution is -0.123. The largest absolute Gasteiger partial charge is 0.326 e. The van der Waals surface area contributed by atoms with Crippen molar-refractivity contribution in [3.8, 4) is 0 Å². The summed E-state index contributed by atoms with van der Waals surface area (Å²) in [6, 6.07) is 10.1. The fraction of sp³-hybridized carbons (Fsp3) is 0.267. The molecule has 0 aromatic heterocycles. The van der Waals surface area contributed by atoms with Gasteiger partial charge in [-0.05, 0) is 17.5 Å². The second-order valence-corrected chi connectivity index (χ2v) is 7.47. The van der Waals surface area contributed by atoms with E-state index in [9.17, 15) is 13.2 Å². The molecule has 0 aliphatic heterocycles. The van der Waals surface area contributed by atoms with Crippen LogP contribution in [-0.4, -0.2) is 14.3 Å². The molecule has 2 aromatic carbocycles. The van der Waals surface area contributed by atoms with Gasteiger partial charge in [0.1, 0.15) is 0 Å². The van der Waals surface area contributed by atoms with Crippen molar-refractivity contribution in [2.45, 2.75) is 25.7 Å². The van der Waals surface area contributed by atoms with E-state index in [1.165, 1.54) is 6.07 Å². The first-order valence-electron chi connectivity index (χ1n) is 6.46. The number of rotatable bonds is 2. The van der Waals surface area contributed by atoms with Gasteiger partial charge >= 0.3 is 0 Å². The molecule has 0 saturated heterocycles. The Morgan fingerprint density at radius 3 is 2.33 bits per heavy atom. The summed E-state index contributed by atoms with van der Waals surface area (Å²) in [5, 5.41) is 9.23. The van der Waals surface area contributed by atoms with Crippen LogP contribution in [0.3, 0.4) is 0 Å². The van der Waals surface area contributed by atoms with Gasteiger partial charge in [0, 0.05) is 16.5 Å². The van der Waals surface area contributed by atoms with Crippen LogP contribution in [0.2, 0.25) is 0 Å². The lowest BCUT2D eigenvalue weighted by Crippen LogP contribution is -2.27. The van der Waals surface area contributed by atoms with Crippen molar-refractivity contribution in [3.05, 3.63) is 36.4 Å². The van der Waals surface area contributed by atoms with Crippen LogP contribution in [0.4, 0.5) is 5.69 Å². The topological polar surface area (TPSA) is 89.3 Å². The normalized spacial score (nSPS) is 12.4. The zero-order chi connectivity index (χ0) is 15.8. The smallest absolute Gasteiger partial charge is 0.238 e. The minimum Gasteiger partial charge on any atom is -0.326 e. The van der Waals surface area contributed by atoms with Gasteiger partial charge in [-0.1, -0.05) is 45.0 Å². The van der Waals surface area contributed by atoms with Crippen molar-refractivity contribution in [3.63, 3.8) is 0 Å². The molecule has 0 aliphatic carbocycles. The van der Waals surface area contributed by atoms with Crippen LogP contribution in [-0.2, 0) is 14.8 Å². The monoisotopic (exact) mass is 306 g/mol. The second kappa shape index (κ2) is 5.13. The summed E-state index contributed by atoms with van der Waals surface area (Å²) >= 11 is 0. The Hall–Kier alpha value is -1.92. The van der Waals surface area contributed by atoms with E-state index in [1.54, 1.807) is 51.1 Å². The number of fused-ring (bicyclic) bond motifs is 1. The SMILES string of the molecule is CC(C)(C)C(=O)Nc1cc(S(N)(=O)=O)c2ccccc2c1. The Kier molecular flexibility index (Phi) is 3.78. The maximum absolute atomic E-state index is 12.0. The van der Waals surface area contributed by atoms with Gasteiger partial charge in [-0.2, -0.15) is 0 Å². The summed E-state index contributed by atoms with van der Waals surface area (Å²) in [6.07, 6.45) is 0. The van der Waals surface area contributed by atoms with Gasteiger partial charge in [0.2, 0.25) is 15.9 Å². The van der Waals surface area contributed by atoms with Crippen LogP contribution >= 0.6 is 0 Å². The molecule has 2 rings (SSSR count). The molecule has 2 aromatic rings. The van der Waals surface area contributed by atoms with Gasteiger partial charge in [-0.3, -0.25) is 4.79 Å². The fourth-order valence-electron chi connectivity index (χ4n) is 1.90. The van der Waals surface area contributed by atoms with E-state index in [4.69, 9.17) is 5.14 Å². The third kappa shape index (κ3) is 3.40. The van der Waals surface area contributed by atoms with Crippen molar-refractivity contribution in [2.24, 2.45) is 10.6 Å². The minimum atomic E-state index is -3.87. The molecule has 6 heteroatoms. The molecule has 0 heterocycles. The number of carbonyl (C=O) groups is 1. The summed E-state index contributed by atoms with van der Waals surface area (Å²) in [6.45, 7) is 5.35. The molecule has 1 amide bonds. The lowest BCUT2D eigenvalue weighted by Gasteiger charge is -2.18. The van der Waals surface area contributed by atoms with E-state index in [0.717, 1.165) is 0 Å². The highest BCUT2D eigenvalue weighted by Crippen LogP contribution is 2.27. The van der Waals surface area contributed by atoms with E-state index in [0.29, 0.717) is 16.5 Å². The van der Waals surface area contributed by atoms with E-state index in [1.807, 2.05) is 0 Å². The van der Waals surface area contributed by atoms with Crippen LogP contribution in [0.1, 0.15) is 20.8 Å². The Bertz CT molecular complexity index is 805. The number of sulfonamides is 1. The van der Waals surface area contributed by atoms with Crippen molar-refractivity contribution in [2.75, 3.05) is 5.32 Å². The molecule has 0 aliphatic rings. The van der Waals surface area contributed by atoms with Crippen LogP contribution in [0, 0.1) is 5.41 Å². The highest BCUT2D eigenvalue weighted by atomic mass is 32.2. The molecule has 0 atom stereocenters. The average Bonchev–Trinajstić information content (AvgIpc) is 2.35. The zero-order valence-electron chi connectivity index (χ0n) is 12.2. The number of benzene rings is 2. The van der Waals surface area contributed by atoms with E-state index in [-0.39, 0.29) is 10.8 Å². The van der Waals surface area contributed by atoms with E-state index < -0.39 is 15.4 Å². The van der Waals surface area contributed by atoms with Crippen LogP contribution in [0.25, 0.3) is 10.8 Å². The number of primary sulfonamides is 1. The molecular formula is C15H18N2O3S. The van der Waals surface area contributed by atoms with E-state index >= 15 is 0 Å². The Morgan fingerprint density at radius 1 is 1.14 bits per heavy atom. The van der Waals surface area contributed by atoms with E-state index in [2.05, 4.69) is 5.32 Å². The number of anilines is 1. The fourth-order valence-corrected chi connectivity index (χ4v) is 2.69. The first-order valence-corrected chi connectivity index (χ1v) is 8.01. The molecule has 5 nitrogen and oxygen atoms in total. The van der Waals surface area contributed by atoms with Gasteiger partial charge < -0.3 is 5.32 Å². The summed E-state index contributed by atoms with van der Waals surface area (Å²) < 4.78 is 23.5. The van der Waals surface area contributed by atoms with Crippen LogP contribution < -0.4 is 10.5 Å². The number of amides is 1. The summed E-state index contributed by atoms with van der Waals surface area (Å²) in [4.78, 5) is 12.0. The number of nitrogens with two attached hydrogens (primary N) is 1. The number of hydrogen-bond donors (Lipinski definition) is 2. The molecular weight excluding hydrogens is 288 g/mol. The summed E-state index contributed by atoms with van der Waals surface area (Å²) in [5.74, 6) is -0.196. The molecule has 21 heavy (non-hydrogen) atoms. The summed E-state index contributed by atoms with van der Waals surface area (Å²) in [5.41, 5.74) is -0.162. The highest BCUT2D eigenvalue weighted by Gasteiger charge is 2.22. The quantitative estimate of drug-likeness (QED) is 0.893. The molecule has 3 N–H and O–H groups in total.